The van der Waals surface area contributed by atoms with Crippen LogP contribution in [-0.4, -0.2) is 43.0 Å². The van der Waals surface area contributed by atoms with Gasteiger partial charge >= 0.3 is 0 Å². The lowest BCUT2D eigenvalue weighted by atomic mass is 9.51. The van der Waals surface area contributed by atoms with Gasteiger partial charge in [-0.05, 0) is 49.9 Å². The zero-order valence-corrected chi connectivity index (χ0v) is 24.6. The van der Waals surface area contributed by atoms with Gasteiger partial charge in [-0.25, -0.2) is 4.90 Å². The van der Waals surface area contributed by atoms with Gasteiger partial charge in [0.1, 0.15) is 17.2 Å². The Labute approximate surface area is 254 Å². The molecule has 1 saturated carbocycles. The molecule has 44 heavy (non-hydrogen) atoms. The van der Waals surface area contributed by atoms with Crippen LogP contribution in [0.5, 0.6) is 17.2 Å². The van der Waals surface area contributed by atoms with E-state index in [1.165, 1.54) is 30.1 Å². The van der Waals surface area contributed by atoms with Crippen molar-refractivity contribution in [1.82, 2.24) is 0 Å². The summed E-state index contributed by atoms with van der Waals surface area (Å²) in [5.74, 6) is -4.26. The molecule has 2 saturated heterocycles. The number of ether oxygens (including phenoxy) is 2. The Morgan fingerprint density at radius 2 is 1.43 bits per heavy atom. The second kappa shape index (κ2) is 10.1. The molecule has 2 aliphatic heterocycles. The number of para-hydroxylation sites is 2. The second-order valence-corrected chi connectivity index (χ2v) is 12.1. The Bertz CT molecular complexity index is 1740. The van der Waals surface area contributed by atoms with Crippen molar-refractivity contribution in [2.45, 2.75) is 25.7 Å². The Kier molecular flexibility index (Phi) is 6.39. The lowest BCUT2D eigenvalue weighted by Crippen LogP contribution is -2.49. The van der Waals surface area contributed by atoms with Crippen LogP contribution in [0.2, 0.25) is 0 Å². The fourth-order valence-electron chi connectivity index (χ4n) is 8.14. The number of hydrogen-bond acceptors (Lipinski definition) is 7. The van der Waals surface area contributed by atoms with Gasteiger partial charge in [0.05, 0.1) is 48.8 Å². The molecule has 3 fully saturated rings. The van der Waals surface area contributed by atoms with E-state index in [1.807, 2.05) is 18.2 Å². The number of imide groups is 2. The zero-order valence-electron chi connectivity index (χ0n) is 24.6. The van der Waals surface area contributed by atoms with Gasteiger partial charge in [-0.2, -0.15) is 0 Å². The number of rotatable bonds is 5. The fourth-order valence-corrected chi connectivity index (χ4v) is 8.14. The molecule has 2 heterocycles. The van der Waals surface area contributed by atoms with E-state index in [-0.39, 0.29) is 35.8 Å². The molecule has 0 radical (unpaired) electrons. The largest absolute Gasteiger partial charge is 0.507 e. The third kappa shape index (κ3) is 3.71. The van der Waals surface area contributed by atoms with Crippen molar-refractivity contribution in [1.29, 1.82) is 0 Å². The molecule has 1 N–H and O–H groups in total. The van der Waals surface area contributed by atoms with Crippen LogP contribution in [-0.2, 0) is 19.2 Å². The number of phenols is 1. The van der Waals surface area contributed by atoms with Crippen LogP contribution in [0.4, 0.5) is 11.4 Å². The van der Waals surface area contributed by atoms with Crippen LogP contribution in [0, 0.1) is 29.1 Å². The zero-order chi connectivity index (χ0) is 30.9. The highest BCUT2D eigenvalue weighted by atomic mass is 16.5. The minimum Gasteiger partial charge on any atom is -0.507 e. The first-order chi connectivity index (χ1) is 21.2. The van der Waals surface area contributed by atoms with Crippen molar-refractivity contribution >= 4 is 35.0 Å². The summed E-state index contributed by atoms with van der Waals surface area (Å²) in [4.78, 5) is 59.2. The van der Waals surface area contributed by atoms with Gasteiger partial charge in [-0.15, -0.1) is 0 Å². The standard InChI is InChI=1S/C35H32N2O7/c1-35-25(32(40)37(34(35)42)20-12-8-5-9-13-20)18-24-22(30(35)29-26(38)16-21(43-2)17-27(29)44-3)14-15-23-28(24)33(41)36(31(23)39)19-10-6-4-7-11-19/h4-14,16-17,23-25,28,30,38H,15,18H2,1-3H3. The van der Waals surface area contributed by atoms with E-state index in [1.54, 1.807) is 61.5 Å². The van der Waals surface area contributed by atoms with Gasteiger partial charge in [0.15, 0.2) is 0 Å². The van der Waals surface area contributed by atoms with Crippen molar-refractivity contribution in [2.75, 3.05) is 24.0 Å². The second-order valence-electron chi connectivity index (χ2n) is 12.1. The van der Waals surface area contributed by atoms with Crippen molar-refractivity contribution in [3.05, 3.63) is 90.0 Å². The first-order valence-electron chi connectivity index (χ1n) is 14.7. The number of methoxy groups -OCH3 is 2. The smallest absolute Gasteiger partial charge is 0.241 e. The van der Waals surface area contributed by atoms with E-state index in [2.05, 4.69) is 0 Å². The van der Waals surface area contributed by atoms with Crippen molar-refractivity contribution in [3.63, 3.8) is 0 Å². The number of carbonyl (C=O) groups excluding carboxylic acids is 4. The molecule has 3 aromatic carbocycles. The molecule has 2 aliphatic carbocycles. The normalized spacial score (nSPS) is 29.2. The summed E-state index contributed by atoms with van der Waals surface area (Å²) in [6.07, 6.45) is 2.46. The first kappa shape index (κ1) is 27.9. The predicted octanol–water partition coefficient (Wildman–Crippen LogP) is 4.84. The third-order valence-corrected chi connectivity index (χ3v) is 10.1. The van der Waals surface area contributed by atoms with Crippen LogP contribution < -0.4 is 19.3 Å². The summed E-state index contributed by atoms with van der Waals surface area (Å²) in [6.45, 7) is 1.77. The number of aromatic hydroxyl groups is 1. The number of fused-ring (bicyclic) bond motifs is 4. The van der Waals surface area contributed by atoms with E-state index in [0.717, 1.165) is 5.57 Å². The van der Waals surface area contributed by atoms with Crippen LogP contribution in [0.1, 0.15) is 31.2 Å². The van der Waals surface area contributed by atoms with Gasteiger partial charge in [0, 0.05) is 23.6 Å². The Hall–Kier alpha value is -4.92. The number of hydrogen-bond donors (Lipinski definition) is 1. The molecule has 6 atom stereocenters. The van der Waals surface area contributed by atoms with Crippen molar-refractivity contribution in [3.8, 4) is 17.2 Å². The number of benzene rings is 3. The number of phenolic OH excluding ortho intramolecular Hbond substituents is 1. The minimum atomic E-state index is -1.31. The molecular formula is C35H32N2O7. The van der Waals surface area contributed by atoms with E-state index in [0.29, 0.717) is 34.9 Å². The van der Waals surface area contributed by atoms with Gasteiger partial charge in [0.25, 0.3) is 0 Å². The number of allylic oxidation sites excluding steroid dienone is 2. The molecule has 6 unspecified atom stereocenters. The van der Waals surface area contributed by atoms with Gasteiger partial charge in [-0.3, -0.25) is 24.1 Å². The molecule has 0 aromatic heterocycles. The highest BCUT2D eigenvalue weighted by Gasteiger charge is 2.68. The fraction of sp³-hybridized carbons (Fsp3) is 0.314. The summed E-state index contributed by atoms with van der Waals surface area (Å²) in [7, 11) is 2.95. The molecule has 4 aliphatic rings. The minimum absolute atomic E-state index is 0.145. The van der Waals surface area contributed by atoms with Crippen molar-refractivity contribution < 1.29 is 33.8 Å². The Balaban J connectivity index is 1.42. The van der Waals surface area contributed by atoms with E-state index in [9.17, 15) is 24.3 Å². The average Bonchev–Trinajstić information content (AvgIpc) is 3.41. The van der Waals surface area contributed by atoms with E-state index >= 15 is 0 Å². The molecule has 3 aromatic rings. The number of anilines is 2. The molecular weight excluding hydrogens is 560 g/mol. The predicted molar refractivity (Wildman–Crippen MR) is 161 cm³/mol. The summed E-state index contributed by atoms with van der Waals surface area (Å²) < 4.78 is 11.1. The highest BCUT2D eigenvalue weighted by molar-refractivity contribution is 6.25. The number of carbonyl (C=O) groups is 4. The van der Waals surface area contributed by atoms with Crippen LogP contribution >= 0.6 is 0 Å². The SMILES string of the molecule is COc1cc(O)c(C2C3=CCC4C(=O)N(c5ccccc5)C(=O)C4C3CC3C(=O)N(c4ccccc4)C(=O)C32C)c(OC)c1. The molecule has 9 nitrogen and oxygen atoms in total. The van der Waals surface area contributed by atoms with Gasteiger partial charge < -0.3 is 14.6 Å². The third-order valence-electron chi connectivity index (χ3n) is 10.1. The molecule has 4 amide bonds. The highest BCUT2D eigenvalue weighted by Crippen LogP contribution is 2.65. The van der Waals surface area contributed by atoms with E-state index < -0.39 is 35.0 Å². The molecule has 0 spiro atoms. The number of amides is 4. The monoisotopic (exact) mass is 592 g/mol. The summed E-state index contributed by atoms with van der Waals surface area (Å²) in [5.41, 5.74) is 0.762. The first-order valence-corrected chi connectivity index (χ1v) is 14.7. The maximum atomic E-state index is 14.5. The quantitative estimate of drug-likeness (QED) is 0.333. The summed E-state index contributed by atoms with van der Waals surface area (Å²) in [5, 5.41) is 11.5. The molecule has 7 rings (SSSR count). The van der Waals surface area contributed by atoms with Gasteiger partial charge in [-0.1, -0.05) is 48.0 Å². The van der Waals surface area contributed by atoms with E-state index in [4.69, 9.17) is 9.47 Å². The Morgan fingerprint density at radius 1 is 0.795 bits per heavy atom. The summed E-state index contributed by atoms with van der Waals surface area (Å²) in [6, 6.07) is 20.7. The molecule has 0 bridgehead atoms. The van der Waals surface area contributed by atoms with Crippen LogP contribution in [0.15, 0.2) is 84.4 Å². The maximum Gasteiger partial charge on any atom is 0.241 e. The average molecular weight is 593 g/mol. The molecule has 9 heteroatoms. The van der Waals surface area contributed by atoms with Crippen LogP contribution in [0.25, 0.3) is 0 Å². The molecule has 224 valence electrons. The lowest BCUT2D eigenvalue weighted by Gasteiger charge is -2.49. The maximum absolute atomic E-state index is 14.5. The topological polar surface area (TPSA) is 113 Å². The Morgan fingerprint density at radius 3 is 2.05 bits per heavy atom. The van der Waals surface area contributed by atoms with Crippen molar-refractivity contribution in [2.24, 2.45) is 29.1 Å². The van der Waals surface area contributed by atoms with Gasteiger partial charge in [0.2, 0.25) is 23.6 Å². The number of nitrogens with zero attached hydrogens (tertiary/aromatic N) is 2. The summed E-state index contributed by atoms with van der Waals surface area (Å²) >= 11 is 0. The lowest BCUT2D eigenvalue weighted by molar-refractivity contribution is -0.131. The van der Waals surface area contributed by atoms with Crippen LogP contribution in [0.3, 0.4) is 0 Å².